The Morgan fingerprint density at radius 3 is 3.12 bits per heavy atom. The molecule has 0 unspecified atom stereocenters. The molecule has 0 amide bonds. The van der Waals surface area contributed by atoms with Crippen LogP contribution in [0.2, 0.25) is 5.02 Å². The Kier molecular flexibility index (Phi) is 2.99. The zero-order valence-electron chi connectivity index (χ0n) is 9.79. The SMILES string of the molecule is N[C@H]1CCN(Cc2cc(Cl)cc3c2OCC3)C1. The van der Waals surface area contributed by atoms with E-state index < -0.39 is 0 Å². The molecule has 2 N–H and O–H groups in total. The van der Waals surface area contributed by atoms with Gasteiger partial charge in [0.2, 0.25) is 0 Å². The van der Waals surface area contributed by atoms with Gasteiger partial charge in [-0.3, -0.25) is 4.90 Å². The van der Waals surface area contributed by atoms with Gasteiger partial charge in [0.25, 0.3) is 0 Å². The van der Waals surface area contributed by atoms with Crippen molar-refractivity contribution in [2.24, 2.45) is 5.73 Å². The highest BCUT2D eigenvalue weighted by Crippen LogP contribution is 2.33. The Balaban J connectivity index is 1.83. The fourth-order valence-electron chi connectivity index (χ4n) is 2.71. The summed E-state index contributed by atoms with van der Waals surface area (Å²) in [5, 5.41) is 0.813. The number of fused-ring (bicyclic) bond motifs is 1. The first-order chi connectivity index (χ1) is 8.22. The molecular weight excluding hydrogens is 236 g/mol. The van der Waals surface area contributed by atoms with Gasteiger partial charge in [-0.05, 0) is 24.1 Å². The summed E-state index contributed by atoms with van der Waals surface area (Å²) in [4.78, 5) is 2.37. The molecule has 1 fully saturated rings. The van der Waals surface area contributed by atoms with Crippen LogP contribution in [0.3, 0.4) is 0 Å². The molecule has 1 saturated heterocycles. The summed E-state index contributed by atoms with van der Waals surface area (Å²) in [6.07, 6.45) is 2.06. The molecule has 3 rings (SSSR count). The third-order valence-electron chi connectivity index (χ3n) is 3.53. The van der Waals surface area contributed by atoms with E-state index in [0.717, 1.165) is 49.9 Å². The summed E-state index contributed by atoms with van der Waals surface area (Å²) in [7, 11) is 0. The molecule has 3 nitrogen and oxygen atoms in total. The predicted octanol–water partition coefficient (Wildman–Crippen LogP) is 1.81. The Bertz CT molecular complexity index is 436. The van der Waals surface area contributed by atoms with Crippen molar-refractivity contribution in [2.45, 2.75) is 25.4 Å². The maximum absolute atomic E-state index is 6.14. The smallest absolute Gasteiger partial charge is 0.127 e. The molecule has 4 heteroatoms. The summed E-state index contributed by atoms with van der Waals surface area (Å²) < 4.78 is 5.71. The van der Waals surface area contributed by atoms with Gasteiger partial charge in [0, 0.05) is 42.7 Å². The number of nitrogens with two attached hydrogens (primary N) is 1. The first-order valence-corrected chi connectivity index (χ1v) is 6.52. The number of hydrogen-bond acceptors (Lipinski definition) is 3. The number of nitrogens with zero attached hydrogens (tertiary/aromatic N) is 1. The van der Waals surface area contributed by atoms with Gasteiger partial charge in [-0.1, -0.05) is 11.6 Å². The van der Waals surface area contributed by atoms with Crippen LogP contribution in [0, 0.1) is 0 Å². The maximum Gasteiger partial charge on any atom is 0.127 e. The number of halogens is 1. The van der Waals surface area contributed by atoms with Gasteiger partial charge >= 0.3 is 0 Å². The summed E-state index contributed by atoms with van der Waals surface area (Å²) >= 11 is 6.14. The van der Waals surface area contributed by atoms with Crippen molar-refractivity contribution in [3.05, 3.63) is 28.3 Å². The van der Waals surface area contributed by atoms with Crippen LogP contribution in [0.5, 0.6) is 5.75 Å². The van der Waals surface area contributed by atoms with Crippen LogP contribution < -0.4 is 10.5 Å². The lowest BCUT2D eigenvalue weighted by Gasteiger charge is -2.17. The Hall–Kier alpha value is -0.770. The minimum Gasteiger partial charge on any atom is -0.493 e. The van der Waals surface area contributed by atoms with Crippen molar-refractivity contribution in [3.63, 3.8) is 0 Å². The van der Waals surface area contributed by atoms with E-state index in [9.17, 15) is 0 Å². The van der Waals surface area contributed by atoms with Gasteiger partial charge < -0.3 is 10.5 Å². The van der Waals surface area contributed by atoms with E-state index in [1.807, 2.05) is 12.1 Å². The van der Waals surface area contributed by atoms with Crippen molar-refractivity contribution in [1.82, 2.24) is 4.90 Å². The van der Waals surface area contributed by atoms with E-state index in [1.54, 1.807) is 0 Å². The number of hydrogen-bond donors (Lipinski definition) is 1. The fourth-order valence-corrected chi connectivity index (χ4v) is 2.97. The topological polar surface area (TPSA) is 38.5 Å². The minimum absolute atomic E-state index is 0.322. The number of rotatable bonds is 2. The summed E-state index contributed by atoms with van der Waals surface area (Å²) in [5.74, 6) is 1.05. The molecule has 17 heavy (non-hydrogen) atoms. The van der Waals surface area contributed by atoms with Gasteiger partial charge in [0.05, 0.1) is 6.61 Å². The highest BCUT2D eigenvalue weighted by atomic mass is 35.5. The second kappa shape index (κ2) is 4.48. The van der Waals surface area contributed by atoms with Crippen LogP contribution in [-0.2, 0) is 13.0 Å². The van der Waals surface area contributed by atoms with E-state index in [2.05, 4.69) is 4.90 Å². The second-order valence-corrected chi connectivity index (χ2v) is 5.37. The van der Waals surface area contributed by atoms with Crippen molar-refractivity contribution in [1.29, 1.82) is 0 Å². The molecule has 2 aliphatic heterocycles. The third-order valence-corrected chi connectivity index (χ3v) is 3.75. The molecule has 1 aromatic carbocycles. The van der Waals surface area contributed by atoms with E-state index in [-0.39, 0.29) is 0 Å². The van der Waals surface area contributed by atoms with Gasteiger partial charge in [0.1, 0.15) is 5.75 Å². The third kappa shape index (κ3) is 2.28. The van der Waals surface area contributed by atoms with Gasteiger partial charge in [-0.25, -0.2) is 0 Å². The first kappa shape index (κ1) is 11.3. The quantitative estimate of drug-likeness (QED) is 0.873. The normalized spacial score (nSPS) is 23.8. The Morgan fingerprint density at radius 2 is 2.35 bits per heavy atom. The Labute approximate surface area is 106 Å². The van der Waals surface area contributed by atoms with E-state index in [4.69, 9.17) is 22.1 Å². The van der Waals surface area contributed by atoms with Crippen LogP contribution in [0.4, 0.5) is 0 Å². The van der Waals surface area contributed by atoms with E-state index >= 15 is 0 Å². The molecule has 1 atom stereocenters. The molecule has 0 spiro atoms. The van der Waals surface area contributed by atoms with Gasteiger partial charge in [-0.2, -0.15) is 0 Å². The van der Waals surface area contributed by atoms with E-state index in [0.29, 0.717) is 6.04 Å². The number of likely N-dealkylation sites (tertiary alicyclic amines) is 1. The van der Waals surface area contributed by atoms with E-state index in [1.165, 1.54) is 11.1 Å². The lowest BCUT2D eigenvalue weighted by molar-refractivity contribution is 0.310. The van der Waals surface area contributed by atoms with Crippen LogP contribution in [0.1, 0.15) is 17.5 Å². The van der Waals surface area contributed by atoms with Gasteiger partial charge in [0.15, 0.2) is 0 Å². The molecule has 0 saturated carbocycles. The molecule has 0 aromatic heterocycles. The Morgan fingerprint density at radius 1 is 1.47 bits per heavy atom. The number of benzene rings is 1. The van der Waals surface area contributed by atoms with Crippen molar-refractivity contribution < 1.29 is 4.74 Å². The van der Waals surface area contributed by atoms with Crippen molar-refractivity contribution >= 4 is 11.6 Å². The molecule has 1 aromatic rings. The molecule has 2 heterocycles. The lowest BCUT2D eigenvalue weighted by atomic mass is 10.1. The highest BCUT2D eigenvalue weighted by molar-refractivity contribution is 6.30. The monoisotopic (exact) mass is 252 g/mol. The lowest BCUT2D eigenvalue weighted by Crippen LogP contribution is -2.26. The molecule has 0 bridgehead atoms. The van der Waals surface area contributed by atoms with Crippen molar-refractivity contribution in [2.75, 3.05) is 19.7 Å². The molecule has 0 aliphatic carbocycles. The maximum atomic E-state index is 6.14. The minimum atomic E-state index is 0.322. The largest absolute Gasteiger partial charge is 0.493 e. The summed E-state index contributed by atoms with van der Waals surface area (Å²) in [6.45, 7) is 3.72. The fraction of sp³-hybridized carbons (Fsp3) is 0.538. The second-order valence-electron chi connectivity index (χ2n) is 4.94. The number of ether oxygens (including phenoxy) is 1. The standard InChI is InChI=1S/C13H17ClN2O/c14-11-5-9-2-4-17-13(9)10(6-11)7-16-3-1-12(15)8-16/h5-6,12H,1-4,7-8,15H2/t12-/m0/s1. The average molecular weight is 253 g/mol. The van der Waals surface area contributed by atoms with Crippen molar-refractivity contribution in [3.8, 4) is 5.75 Å². The first-order valence-electron chi connectivity index (χ1n) is 6.14. The molecule has 92 valence electrons. The summed E-state index contributed by atoms with van der Waals surface area (Å²) in [6, 6.07) is 4.36. The highest BCUT2D eigenvalue weighted by Gasteiger charge is 2.23. The zero-order valence-corrected chi connectivity index (χ0v) is 10.5. The van der Waals surface area contributed by atoms with Crippen LogP contribution in [0.25, 0.3) is 0 Å². The molecule has 2 aliphatic rings. The van der Waals surface area contributed by atoms with Crippen LogP contribution in [-0.4, -0.2) is 30.6 Å². The zero-order chi connectivity index (χ0) is 11.8. The van der Waals surface area contributed by atoms with Crippen LogP contribution in [0.15, 0.2) is 12.1 Å². The average Bonchev–Trinajstić information content (AvgIpc) is 2.87. The van der Waals surface area contributed by atoms with Crippen LogP contribution >= 0.6 is 11.6 Å². The van der Waals surface area contributed by atoms with Gasteiger partial charge in [-0.15, -0.1) is 0 Å². The predicted molar refractivity (Wildman–Crippen MR) is 68.5 cm³/mol. The molecular formula is C13H17ClN2O. The molecule has 0 radical (unpaired) electrons. The summed E-state index contributed by atoms with van der Waals surface area (Å²) in [5.41, 5.74) is 8.38.